The highest BCUT2D eigenvalue weighted by atomic mass is 16.5. The van der Waals surface area contributed by atoms with Crippen molar-refractivity contribution >= 4 is 17.8 Å². The minimum absolute atomic E-state index is 0.0485. The minimum atomic E-state index is -0.856. The van der Waals surface area contributed by atoms with Crippen molar-refractivity contribution in [2.45, 2.75) is 19.8 Å². The van der Waals surface area contributed by atoms with Gasteiger partial charge in [-0.2, -0.15) is 0 Å². The molecule has 110 valence electrons. The van der Waals surface area contributed by atoms with Crippen LogP contribution in [-0.4, -0.2) is 37.2 Å². The second-order valence-electron chi connectivity index (χ2n) is 4.16. The number of rotatable bonds is 7. The third-order valence-electron chi connectivity index (χ3n) is 2.53. The van der Waals surface area contributed by atoms with Gasteiger partial charge < -0.3 is 21.1 Å². The maximum absolute atomic E-state index is 12.0. The van der Waals surface area contributed by atoms with E-state index in [1.165, 1.54) is 0 Å². The third kappa shape index (κ3) is 5.13. The minimum Gasteiger partial charge on any atom is -0.448 e. The molecule has 0 unspecified atom stereocenters. The number of pyridine rings is 1. The zero-order valence-electron chi connectivity index (χ0n) is 11.7. The van der Waals surface area contributed by atoms with Gasteiger partial charge in [-0.15, -0.1) is 0 Å². The third-order valence-corrected chi connectivity index (χ3v) is 2.53. The summed E-state index contributed by atoms with van der Waals surface area (Å²) in [5.41, 5.74) is 6.20. The molecule has 4 N–H and O–H groups in total. The fourth-order valence-corrected chi connectivity index (χ4v) is 1.65. The van der Waals surface area contributed by atoms with Gasteiger partial charge in [0.25, 0.3) is 5.91 Å². The van der Waals surface area contributed by atoms with Gasteiger partial charge in [0.15, 0.2) is 0 Å². The molecule has 0 saturated heterocycles. The number of amides is 2. The van der Waals surface area contributed by atoms with E-state index in [0.29, 0.717) is 11.4 Å². The fourth-order valence-electron chi connectivity index (χ4n) is 1.65. The molecule has 0 aliphatic rings. The summed E-state index contributed by atoms with van der Waals surface area (Å²) in [5, 5.41) is 5.57. The number of hydrogen-bond donors (Lipinski definition) is 3. The van der Waals surface area contributed by atoms with Crippen molar-refractivity contribution < 1.29 is 14.3 Å². The summed E-state index contributed by atoms with van der Waals surface area (Å²) >= 11 is 0. The molecular weight excluding hydrogens is 260 g/mol. The molecule has 0 spiro atoms. The van der Waals surface area contributed by atoms with Crippen molar-refractivity contribution in [1.82, 2.24) is 10.3 Å². The summed E-state index contributed by atoms with van der Waals surface area (Å²) in [6.45, 7) is 2.31. The number of aromatic nitrogens is 1. The lowest BCUT2D eigenvalue weighted by Crippen LogP contribution is -2.29. The summed E-state index contributed by atoms with van der Waals surface area (Å²) in [4.78, 5) is 26.7. The van der Waals surface area contributed by atoms with Gasteiger partial charge in [-0.3, -0.25) is 4.79 Å². The highest BCUT2D eigenvalue weighted by molar-refractivity contribution is 5.95. The molecule has 7 heteroatoms. The van der Waals surface area contributed by atoms with Crippen molar-refractivity contribution in [3.8, 4) is 0 Å². The molecule has 1 aromatic rings. The Morgan fingerprint density at radius 1 is 1.40 bits per heavy atom. The average molecular weight is 280 g/mol. The Hall–Kier alpha value is -2.31. The van der Waals surface area contributed by atoms with Gasteiger partial charge in [0.2, 0.25) is 0 Å². The highest BCUT2D eigenvalue weighted by Gasteiger charge is 2.09. The topological polar surface area (TPSA) is 106 Å². The molecule has 0 radical (unpaired) electrons. The Morgan fingerprint density at radius 3 is 2.75 bits per heavy atom. The Morgan fingerprint density at radius 2 is 2.15 bits per heavy atom. The van der Waals surface area contributed by atoms with Gasteiger partial charge in [-0.05, 0) is 18.6 Å². The van der Waals surface area contributed by atoms with E-state index in [1.807, 2.05) is 0 Å². The van der Waals surface area contributed by atoms with Crippen molar-refractivity contribution in [1.29, 1.82) is 0 Å². The van der Waals surface area contributed by atoms with Crippen molar-refractivity contribution in [3.63, 3.8) is 0 Å². The standard InChI is InChI=1S/C13H20N4O3/c1-3-4-10-7-9(8-11(15-2)17-10)12(18)16-5-6-20-13(14)19/h7-8H,3-6H2,1-2H3,(H2,14,19)(H,15,17)(H,16,18). The molecule has 1 aromatic heterocycles. The van der Waals surface area contributed by atoms with E-state index in [4.69, 9.17) is 5.73 Å². The Kier molecular flexibility index (Phi) is 6.28. The van der Waals surface area contributed by atoms with Crippen LogP contribution in [0.25, 0.3) is 0 Å². The number of nitrogens with two attached hydrogens (primary N) is 1. The number of nitrogens with zero attached hydrogens (tertiary/aromatic N) is 1. The van der Waals surface area contributed by atoms with Gasteiger partial charge >= 0.3 is 6.09 Å². The van der Waals surface area contributed by atoms with E-state index in [9.17, 15) is 9.59 Å². The predicted molar refractivity (Wildman–Crippen MR) is 75.6 cm³/mol. The quantitative estimate of drug-likeness (QED) is 0.643. The number of aryl methyl sites for hydroxylation is 1. The second kappa shape index (κ2) is 7.98. The van der Waals surface area contributed by atoms with Gasteiger partial charge in [-0.25, -0.2) is 9.78 Å². The number of nitrogens with one attached hydrogen (secondary N) is 2. The molecule has 0 atom stereocenters. The van der Waals surface area contributed by atoms with Crippen LogP contribution in [0.3, 0.4) is 0 Å². The fraction of sp³-hybridized carbons (Fsp3) is 0.462. The van der Waals surface area contributed by atoms with Crippen LogP contribution < -0.4 is 16.4 Å². The average Bonchev–Trinajstić information content (AvgIpc) is 2.43. The summed E-state index contributed by atoms with van der Waals surface area (Å²) in [5.74, 6) is 0.406. The molecule has 0 saturated carbocycles. The predicted octanol–water partition coefficient (Wildman–Crippen LogP) is 0.901. The highest BCUT2D eigenvalue weighted by Crippen LogP contribution is 2.11. The molecule has 0 aliphatic heterocycles. The van der Waals surface area contributed by atoms with Crippen molar-refractivity contribution in [3.05, 3.63) is 23.4 Å². The van der Waals surface area contributed by atoms with E-state index < -0.39 is 6.09 Å². The monoisotopic (exact) mass is 280 g/mol. The van der Waals surface area contributed by atoms with Crippen LogP contribution in [0.15, 0.2) is 12.1 Å². The Bertz CT molecular complexity index is 477. The number of primary amides is 1. The number of ether oxygens (including phenoxy) is 1. The van der Waals surface area contributed by atoms with E-state index >= 15 is 0 Å². The number of hydrogen-bond acceptors (Lipinski definition) is 5. The zero-order chi connectivity index (χ0) is 15.0. The maximum Gasteiger partial charge on any atom is 0.404 e. The molecule has 1 heterocycles. The molecule has 2 amide bonds. The molecule has 0 aliphatic carbocycles. The molecular formula is C13H20N4O3. The number of anilines is 1. The normalized spacial score (nSPS) is 9.90. The van der Waals surface area contributed by atoms with E-state index in [0.717, 1.165) is 18.5 Å². The first kappa shape index (κ1) is 15.7. The lowest BCUT2D eigenvalue weighted by atomic mass is 10.1. The van der Waals surface area contributed by atoms with Crippen LogP contribution in [0.2, 0.25) is 0 Å². The summed E-state index contributed by atoms with van der Waals surface area (Å²) in [7, 11) is 1.75. The van der Waals surface area contributed by atoms with Gasteiger partial charge in [0.1, 0.15) is 12.4 Å². The van der Waals surface area contributed by atoms with Crippen molar-refractivity contribution in [2.75, 3.05) is 25.5 Å². The molecule has 0 bridgehead atoms. The summed E-state index contributed by atoms with van der Waals surface area (Å²) in [6.07, 6.45) is 0.903. The zero-order valence-corrected chi connectivity index (χ0v) is 11.7. The molecule has 20 heavy (non-hydrogen) atoms. The molecule has 7 nitrogen and oxygen atoms in total. The first-order valence-corrected chi connectivity index (χ1v) is 6.46. The van der Waals surface area contributed by atoms with Crippen LogP contribution in [0.5, 0.6) is 0 Å². The van der Waals surface area contributed by atoms with Gasteiger partial charge in [0.05, 0.1) is 6.54 Å². The van der Waals surface area contributed by atoms with Crippen LogP contribution in [0.4, 0.5) is 10.6 Å². The van der Waals surface area contributed by atoms with Crippen LogP contribution in [0.1, 0.15) is 29.4 Å². The molecule has 0 fully saturated rings. The smallest absolute Gasteiger partial charge is 0.404 e. The van der Waals surface area contributed by atoms with E-state index in [1.54, 1.807) is 19.2 Å². The number of carbonyl (C=O) groups excluding carboxylic acids is 2. The van der Waals surface area contributed by atoms with Crippen LogP contribution in [0, 0.1) is 0 Å². The van der Waals surface area contributed by atoms with Gasteiger partial charge in [0, 0.05) is 18.3 Å². The lowest BCUT2D eigenvalue weighted by molar-refractivity contribution is 0.0936. The van der Waals surface area contributed by atoms with Crippen LogP contribution >= 0.6 is 0 Å². The SMILES string of the molecule is CCCc1cc(C(=O)NCCOC(N)=O)cc(NC)n1. The first-order valence-electron chi connectivity index (χ1n) is 6.46. The number of carbonyl (C=O) groups is 2. The molecule has 0 aromatic carbocycles. The second-order valence-corrected chi connectivity index (χ2v) is 4.16. The maximum atomic E-state index is 12.0. The first-order chi connectivity index (χ1) is 9.56. The molecule has 1 rings (SSSR count). The van der Waals surface area contributed by atoms with Crippen LogP contribution in [-0.2, 0) is 11.2 Å². The lowest BCUT2D eigenvalue weighted by Gasteiger charge is -2.09. The van der Waals surface area contributed by atoms with Crippen molar-refractivity contribution in [2.24, 2.45) is 5.73 Å². The summed E-state index contributed by atoms with van der Waals surface area (Å²) in [6, 6.07) is 3.43. The van der Waals surface area contributed by atoms with Gasteiger partial charge in [-0.1, -0.05) is 13.3 Å². The van der Waals surface area contributed by atoms with E-state index in [-0.39, 0.29) is 19.1 Å². The Balaban J connectivity index is 2.66. The Labute approximate surface area is 117 Å². The van der Waals surface area contributed by atoms with E-state index in [2.05, 4.69) is 27.3 Å². The summed E-state index contributed by atoms with van der Waals surface area (Å²) < 4.78 is 4.53. The largest absolute Gasteiger partial charge is 0.448 e.